The highest BCUT2D eigenvalue weighted by molar-refractivity contribution is 6.11. The van der Waals surface area contributed by atoms with E-state index in [0.717, 1.165) is 37.0 Å². The largest absolute Gasteiger partial charge is 0.434 e. The van der Waals surface area contributed by atoms with Crippen LogP contribution in [0, 0.1) is 18.3 Å². The zero-order valence-corrected chi connectivity index (χ0v) is 19.8. The van der Waals surface area contributed by atoms with E-state index in [1.807, 2.05) is 6.92 Å². The number of halogens is 2. The third kappa shape index (κ3) is 6.72. The fourth-order valence-electron chi connectivity index (χ4n) is 3.97. The zero-order valence-electron chi connectivity index (χ0n) is 19.8. The summed E-state index contributed by atoms with van der Waals surface area (Å²) in [5.74, 6) is -0.343. The molecule has 2 fully saturated rings. The third-order valence-corrected chi connectivity index (χ3v) is 5.94. The third-order valence-electron chi connectivity index (χ3n) is 5.94. The van der Waals surface area contributed by atoms with Crippen LogP contribution >= 0.6 is 0 Å². The average molecular weight is 475 g/mol. The van der Waals surface area contributed by atoms with Crippen molar-refractivity contribution in [2.45, 2.75) is 52.2 Å². The molecule has 0 bridgehead atoms. The van der Waals surface area contributed by atoms with Crippen LogP contribution in [0.15, 0.2) is 34.6 Å². The first-order valence-corrected chi connectivity index (χ1v) is 11.4. The van der Waals surface area contributed by atoms with E-state index in [9.17, 15) is 13.6 Å². The smallest absolute Gasteiger partial charge is 0.387 e. The van der Waals surface area contributed by atoms with Crippen LogP contribution in [0.3, 0.4) is 0 Å². The number of carbonyl (C=O) groups excluding carboxylic acids is 1. The molecular weight excluding hydrogens is 442 g/mol. The van der Waals surface area contributed by atoms with Crippen molar-refractivity contribution < 1.29 is 23.0 Å². The van der Waals surface area contributed by atoms with Gasteiger partial charge in [0.05, 0.1) is 5.56 Å². The van der Waals surface area contributed by atoms with Crippen LogP contribution in [0.4, 0.5) is 8.78 Å². The molecule has 1 aromatic carbocycles. The number of ether oxygens (including phenoxy) is 2. The fraction of sp³-hybridized carbons (Fsp3) is 0.480. The van der Waals surface area contributed by atoms with Gasteiger partial charge in [-0.15, -0.1) is 0 Å². The van der Waals surface area contributed by atoms with E-state index in [-0.39, 0.29) is 23.3 Å². The van der Waals surface area contributed by atoms with Crippen molar-refractivity contribution in [3.8, 4) is 5.75 Å². The van der Waals surface area contributed by atoms with Crippen molar-refractivity contribution in [2.75, 3.05) is 20.3 Å². The first-order valence-electron chi connectivity index (χ1n) is 11.4. The lowest BCUT2D eigenvalue weighted by Crippen LogP contribution is -2.27. The predicted octanol–water partition coefficient (Wildman–Crippen LogP) is 4.47. The van der Waals surface area contributed by atoms with Crippen LogP contribution in [0.1, 0.15) is 54.1 Å². The summed E-state index contributed by atoms with van der Waals surface area (Å²) in [6.07, 6.45) is 8.24. The van der Waals surface area contributed by atoms with Crippen molar-refractivity contribution >= 4 is 23.9 Å². The Morgan fingerprint density at radius 3 is 2.56 bits per heavy atom. The van der Waals surface area contributed by atoms with Gasteiger partial charge in [-0.25, -0.2) is 0 Å². The topological polar surface area (TPSA) is 95.8 Å². The van der Waals surface area contributed by atoms with Crippen LogP contribution in [0.25, 0.3) is 5.57 Å². The molecule has 34 heavy (non-hydrogen) atoms. The van der Waals surface area contributed by atoms with Crippen LogP contribution in [0.5, 0.6) is 5.75 Å². The minimum absolute atomic E-state index is 0.0886. The van der Waals surface area contributed by atoms with Gasteiger partial charge in [0.1, 0.15) is 5.75 Å². The number of carbonyl (C=O) groups is 1. The number of benzene rings is 1. The van der Waals surface area contributed by atoms with Gasteiger partial charge < -0.3 is 25.5 Å². The Bertz CT molecular complexity index is 994. The lowest BCUT2D eigenvalue weighted by Gasteiger charge is -2.23. The number of alkyl halides is 2. The molecular formula is C25H32F2N4O3. The lowest BCUT2D eigenvalue weighted by molar-refractivity contribution is -0.0502. The van der Waals surface area contributed by atoms with Crippen molar-refractivity contribution in [1.29, 1.82) is 5.41 Å². The number of allylic oxidation sites excluding steroid dienone is 3. The molecule has 3 rings (SSSR count). The van der Waals surface area contributed by atoms with Crippen molar-refractivity contribution in [3.05, 3.63) is 46.3 Å². The number of hydrogen-bond donors (Lipinski definition) is 3. The number of nitrogens with zero attached hydrogens (tertiary/aromatic N) is 1. The normalized spacial score (nSPS) is 18.1. The first kappa shape index (κ1) is 25.6. The van der Waals surface area contributed by atoms with E-state index < -0.39 is 12.5 Å². The fourth-order valence-corrected chi connectivity index (χ4v) is 3.97. The molecule has 1 saturated carbocycles. The molecule has 1 heterocycles. The molecule has 1 amide bonds. The highest BCUT2D eigenvalue weighted by atomic mass is 19.3. The molecule has 184 valence electrons. The van der Waals surface area contributed by atoms with E-state index in [4.69, 9.17) is 14.9 Å². The van der Waals surface area contributed by atoms with Gasteiger partial charge in [-0.05, 0) is 68.2 Å². The maximum atomic E-state index is 13.2. The van der Waals surface area contributed by atoms with Crippen LogP contribution in [-0.2, 0) is 4.74 Å². The van der Waals surface area contributed by atoms with Crippen LogP contribution in [-0.4, -0.2) is 51.3 Å². The molecule has 0 aromatic heterocycles. The molecule has 1 aromatic rings. The highest BCUT2D eigenvalue weighted by Gasteiger charge is 2.27. The number of aliphatic imine (C=N–C) groups is 1. The van der Waals surface area contributed by atoms with E-state index >= 15 is 0 Å². The Kier molecular flexibility index (Phi) is 8.92. The van der Waals surface area contributed by atoms with Gasteiger partial charge in [0.25, 0.3) is 5.91 Å². The SMILES string of the molecule is C/N=C\C(=C(\C)N/C=C(\C=N)C1CCOCC1)c1cc(C)c(C(=O)NC2CC2)c(OC(F)F)c1. The monoisotopic (exact) mass is 474 g/mol. The highest BCUT2D eigenvalue weighted by Crippen LogP contribution is 2.31. The first-order chi connectivity index (χ1) is 16.3. The summed E-state index contributed by atoms with van der Waals surface area (Å²) in [5.41, 5.74) is 3.46. The van der Waals surface area contributed by atoms with Crippen LogP contribution < -0.4 is 15.4 Å². The summed E-state index contributed by atoms with van der Waals surface area (Å²) < 4.78 is 36.5. The summed E-state index contributed by atoms with van der Waals surface area (Å²) in [6, 6.07) is 3.30. The van der Waals surface area contributed by atoms with Gasteiger partial charge in [-0.2, -0.15) is 8.78 Å². The van der Waals surface area contributed by atoms with Gasteiger partial charge in [-0.3, -0.25) is 9.79 Å². The molecule has 0 unspecified atom stereocenters. The maximum absolute atomic E-state index is 13.2. The summed E-state index contributed by atoms with van der Waals surface area (Å²) >= 11 is 0. The Balaban J connectivity index is 1.96. The quantitative estimate of drug-likeness (QED) is 0.436. The summed E-state index contributed by atoms with van der Waals surface area (Å²) in [6.45, 7) is 1.82. The van der Waals surface area contributed by atoms with Crippen molar-refractivity contribution in [3.63, 3.8) is 0 Å². The molecule has 1 saturated heterocycles. The van der Waals surface area contributed by atoms with E-state index in [0.29, 0.717) is 29.9 Å². The Hall–Kier alpha value is -3.07. The summed E-state index contributed by atoms with van der Waals surface area (Å²) in [5, 5.41) is 13.9. The molecule has 2 aliphatic rings. The van der Waals surface area contributed by atoms with Gasteiger partial charge in [0, 0.05) is 56.2 Å². The number of aryl methyl sites for hydroxylation is 1. The molecule has 9 heteroatoms. The number of rotatable bonds is 10. The number of hydrogen-bond acceptors (Lipinski definition) is 6. The second-order valence-electron chi connectivity index (χ2n) is 8.54. The molecule has 0 radical (unpaired) electrons. The summed E-state index contributed by atoms with van der Waals surface area (Å²) in [4.78, 5) is 16.8. The number of nitrogens with one attached hydrogen (secondary N) is 3. The minimum Gasteiger partial charge on any atom is -0.434 e. The lowest BCUT2D eigenvalue weighted by atomic mass is 9.92. The summed E-state index contributed by atoms with van der Waals surface area (Å²) in [7, 11) is 1.62. The Morgan fingerprint density at radius 1 is 1.26 bits per heavy atom. The van der Waals surface area contributed by atoms with Crippen molar-refractivity contribution in [2.24, 2.45) is 10.9 Å². The van der Waals surface area contributed by atoms with E-state index in [1.54, 1.807) is 32.5 Å². The average Bonchev–Trinajstić information content (AvgIpc) is 3.61. The molecule has 0 atom stereocenters. The van der Waals surface area contributed by atoms with Gasteiger partial charge in [0.2, 0.25) is 0 Å². The molecule has 3 N–H and O–H groups in total. The second-order valence-corrected chi connectivity index (χ2v) is 8.54. The Labute approximate surface area is 198 Å². The van der Waals surface area contributed by atoms with Gasteiger partial charge in [-0.1, -0.05) is 6.07 Å². The number of amides is 1. The van der Waals surface area contributed by atoms with E-state index in [2.05, 4.69) is 15.6 Å². The van der Waals surface area contributed by atoms with Gasteiger partial charge >= 0.3 is 6.61 Å². The minimum atomic E-state index is -3.06. The van der Waals surface area contributed by atoms with Crippen LogP contribution in [0.2, 0.25) is 0 Å². The van der Waals surface area contributed by atoms with Crippen molar-refractivity contribution in [1.82, 2.24) is 10.6 Å². The standard InChI is InChI=1S/C25H32F2N4O3/c1-15-10-18(11-22(34-25(26)27)23(15)24(32)31-20-4-5-20)21(14-29-3)16(2)30-13-19(12-28)17-6-8-33-9-7-17/h10-14,17,20,25,28,30H,4-9H2,1-3H3,(H,31,32)/b19-13+,21-16+,28-12?,29-14-. The molecule has 1 aliphatic heterocycles. The van der Waals surface area contributed by atoms with E-state index in [1.165, 1.54) is 12.3 Å². The maximum Gasteiger partial charge on any atom is 0.387 e. The van der Waals surface area contributed by atoms with Gasteiger partial charge in [0.15, 0.2) is 0 Å². The second kappa shape index (κ2) is 11.9. The zero-order chi connectivity index (χ0) is 24.7. The molecule has 1 aliphatic carbocycles. The molecule has 0 spiro atoms. The Morgan fingerprint density at radius 2 is 1.97 bits per heavy atom. The molecule has 7 nitrogen and oxygen atoms in total. The predicted molar refractivity (Wildman–Crippen MR) is 129 cm³/mol.